The van der Waals surface area contributed by atoms with Gasteiger partial charge in [-0.2, -0.15) is 0 Å². The molecule has 0 aliphatic rings. The van der Waals surface area contributed by atoms with Crippen LogP contribution >= 0.6 is 23.2 Å². The quantitative estimate of drug-likeness (QED) is 0.463. The number of rotatable bonds is 0. The Bertz CT molecular complexity index is 71.1. The third-order valence-electron chi connectivity index (χ3n) is 0. The van der Waals surface area contributed by atoms with E-state index in [4.69, 9.17) is 31.4 Å². The molecule has 0 aliphatic heterocycles. The molecule has 0 aliphatic carbocycles. The summed E-state index contributed by atoms with van der Waals surface area (Å²) in [5.74, 6) is 0. The van der Waals surface area contributed by atoms with Crippen molar-refractivity contribution in [3.05, 3.63) is 0 Å². The summed E-state index contributed by atoms with van der Waals surface area (Å²) < 4.78 is 24.8. The molecule has 0 saturated carbocycles. The van der Waals surface area contributed by atoms with E-state index in [1.165, 1.54) is 0 Å². The number of hydrogen-bond donors (Lipinski definition) is 2. The van der Waals surface area contributed by atoms with E-state index in [-0.39, 0.29) is 5.34 Å². The standard InChI is InChI=1S/CH5AsO3.CH2Cl2/c1-2(3,4)5;2-1-3/h1H3,(H2,3,4,5);1H2. The second-order valence-corrected chi connectivity index (χ2v) is 5.25. The predicted molar refractivity (Wildman–Crippen MR) is 33.3 cm³/mol. The zero-order chi connectivity index (χ0) is 7.21. The SMILES string of the molecule is C[As](=O)(O)O.ClCCl. The van der Waals surface area contributed by atoms with E-state index >= 15 is 0 Å². The van der Waals surface area contributed by atoms with Crippen molar-refractivity contribution in [2.24, 2.45) is 0 Å². The average molecular weight is 225 g/mol. The molecule has 0 amide bonds. The Morgan fingerprint density at radius 1 is 1.50 bits per heavy atom. The molecule has 0 aromatic rings. The van der Waals surface area contributed by atoms with E-state index in [1.54, 1.807) is 0 Å². The Kier molecular flexibility index (Phi) is 8.70. The van der Waals surface area contributed by atoms with Gasteiger partial charge in [0.05, 0.1) is 5.34 Å². The second kappa shape index (κ2) is 5.99. The number of halogens is 2. The van der Waals surface area contributed by atoms with Crippen molar-refractivity contribution >= 4 is 37.4 Å². The summed E-state index contributed by atoms with van der Waals surface area (Å²) in [7, 11) is 0. The van der Waals surface area contributed by atoms with Gasteiger partial charge in [0.15, 0.2) is 0 Å². The molecule has 0 radical (unpaired) electrons. The van der Waals surface area contributed by atoms with Crippen LogP contribution in [0.2, 0.25) is 5.71 Å². The third kappa shape index (κ3) is 319. The van der Waals surface area contributed by atoms with Crippen molar-refractivity contribution in [2.75, 3.05) is 5.34 Å². The first kappa shape index (κ1) is 11.6. The normalized spacial score (nSPS) is 9.62. The summed E-state index contributed by atoms with van der Waals surface area (Å²) in [6.45, 7) is 0. The van der Waals surface area contributed by atoms with Gasteiger partial charge in [-0.15, -0.1) is 23.2 Å². The van der Waals surface area contributed by atoms with Crippen molar-refractivity contribution in [1.29, 1.82) is 0 Å². The molecule has 6 heteroatoms. The summed E-state index contributed by atoms with van der Waals surface area (Å²) in [6, 6.07) is 0. The maximum Gasteiger partial charge on any atom is 0.0967 e. The van der Waals surface area contributed by atoms with Gasteiger partial charge in [0.1, 0.15) is 0 Å². The zero-order valence-electron chi connectivity index (χ0n) is 4.21. The molecule has 0 aromatic carbocycles. The van der Waals surface area contributed by atoms with Crippen molar-refractivity contribution in [1.82, 2.24) is 0 Å². The Morgan fingerprint density at radius 2 is 1.50 bits per heavy atom. The zero-order valence-corrected chi connectivity index (χ0v) is 7.60. The molecule has 0 unspecified atom stereocenters. The Morgan fingerprint density at radius 3 is 1.50 bits per heavy atom. The second-order valence-electron chi connectivity index (χ2n) is 0.936. The molecule has 3 nitrogen and oxygen atoms in total. The van der Waals surface area contributed by atoms with Crippen LogP contribution in [0, 0.1) is 0 Å². The number of alkyl halides is 2. The molecule has 2 N–H and O–H groups in total. The molecule has 8 heavy (non-hydrogen) atoms. The summed E-state index contributed by atoms with van der Waals surface area (Å²) in [5, 5.41) is 0.194. The van der Waals surface area contributed by atoms with Crippen LogP contribution in [0.15, 0.2) is 0 Å². The maximum absolute atomic E-state index is 9.39. The van der Waals surface area contributed by atoms with Gasteiger partial charge in [-0.25, -0.2) is 0 Å². The third-order valence-corrected chi connectivity index (χ3v) is 0. The van der Waals surface area contributed by atoms with Gasteiger partial charge in [0.25, 0.3) is 0 Å². The molecule has 0 rings (SSSR count). The van der Waals surface area contributed by atoms with Gasteiger partial charge in [-0.3, -0.25) is 0 Å². The Balaban J connectivity index is 0. The molecule has 0 spiro atoms. The molecular weight excluding hydrogens is 218 g/mol. The molecule has 0 bridgehead atoms. The largest absolute Gasteiger partial charge is 0.109 e. The fourth-order valence-corrected chi connectivity index (χ4v) is 0. The molecule has 0 atom stereocenters. The van der Waals surface area contributed by atoms with Crippen LogP contribution in [0.5, 0.6) is 0 Å². The minimum absolute atomic E-state index is 0.194. The van der Waals surface area contributed by atoms with Crippen LogP contribution in [0.3, 0.4) is 0 Å². The van der Waals surface area contributed by atoms with Gasteiger partial charge in [0, 0.05) is 0 Å². The van der Waals surface area contributed by atoms with Crippen molar-refractivity contribution in [3.8, 4) is 0 Å². The van der Waals surface area contributed by atoms with Gasteiger partial charge in [-0.05, 0) is 0 Å². The van der Waals surface area contributed by atoms with Gasteiger partial charge in [-0.1, -0.05) is 0 Å². The van der Waals surface area contributed by atoms with E-state index in [0.717, 1.165) is 5.71 Å². The molecule has 0 aromatic heterocycles. The van der Waals surface area contributed by atoms with Crippen LogP contribution in [-0.2, 0) is 3.74 Å². The van der Waals surface area contributed by atoms with E-state index in [9.17, 15) is 3.74 Å². The van der Waals surface area contributed by atoms with Crippen LogP contribution in [0.25, 0.3) is 0 Å². The average Bonchev–Trinajstić information content (AvgIpc) is 1.27. The fourth-order valence-electron chi connectivity index (χ4n) is 0. The first-order valence-electron chi connectivity index (χ1n) is 1.56. The van der Waals surface area contributed by atoms with Crippen LogP contribution in [0.1, 0.15) is 0 Å². The minimum Gasteiger partial charge on any atom is -0.109 e. The molecule has 0 saturated heterocycles. The summed E-state index contributed by atoms with van der Waals surface area (Å²) in [6.07, 6.45) is 0. The van der Waals surface area contributed by atoms with E-state index in [1.807, 2.05) is 0 Å². The first-order valence-corrected chi connectivity index (χ1v) is 6.95. The maximum atomic E-state index is 9.39. The van der Waals surface area contributed by atoms with Gasteiger partial charge < -0.3 is 0 Å². The molecule has 0 heterocycles. The predicted octanol–water partition coefficient (Wildman–Crippen LogP) is 0.392. The smallest absolute Gasteiger partial charge is 0.0967 e. The Labute approximate surface area is 60.6 Å². The topological polar surface area (TPSA) is 57.5 Å². The summed E-state index contributed by atoms with van der Waals surface area (Å²) in [5.41, 5.74) is 0.915. The van der Waals surface area contributed by atoms with E-state index in [2.05, 4.69) is 0 Å². The molecular formula is C2H7AsCl2O3. The van der Waals surface area contributed by atoms with E-state index < -0.39 is 14.2 Å². The van der Waals surface area contributed by atoms with Crippen LogP contribution in [-0.4, -0.2) is 27.7 Å². The van der Waals surface area contributed by atoms with Crippen molar-refractivity contribution in [2.45, 2.75) is 5.71 Å². The molecule has 0 fully saturated rings. The monoisotopic (exact) mass is 224 g/mol. The Hall–Kier alpha value is 0.858. The fraction of sp³-hybridized carbons (Fsp3) is 1.00. The van der Waals surface area contributed by atoms with Crippen molar-refractivity contribution < 1.29 is 11.9 Å². The summed E-state index contributed by atoms with van der Waals surface area (Å²) >= 11 is 5.40. The van der Waals surface area contributed by atoms with Crippen LogP contribution < -0.4 is 0 Å². The summed E-state index contributed by atoms with van der Waals surface area (Å²) in [4.78, 5) is 0. The van der Waals surface area contributed by atoms with Crippen molar-refractivity contribution in [3.63, 3.8) is 0 Å². The first-order chi connectivity index (χ1) is 3.41. The van der Waals surface area contributed by atoms with Gasteiger partial charge in [0.2, 0.25) is 0 Å². The van der Waals surface area contributed by atoms with E-state index in [0.29, 0.717) is 0 Å². The number of hydrogen-bond acceptors (Lipinski definition) is 1. The van der Waals surface area contributed by atoms with Gasteiger partial charge >= 0.3 is 31.8 Å². The molecule has 52 valence electrons. The minimum atomic E-state index is -4.12. The van der Waals surface area contributed by atoms with Crippen LogP contribution in [0.4, 0.5) is 0 Å².